The number of carbonyl (C=O) groups is 1. The van der Waals surface area contributed by atoms with Crippen molar-refractivity contribution in [1.82, 2.24) is 14.9 Å². The summed E-state index contributed by atoms with van der Waals surface area (Å²) in [4.78, 5) is 21.9. The van der Waals surface area contributed by atoms with Gasteiger partial charge in [0.15, 0.2) is 0 Å². The van der Waals surface area contributed by atoms with Crippen molar-refractivity contribution < 1.29 is 19.2 Å². The summed E-state index contributed by atoms with van der Waals surface area (Å²) in [6.45, 7) is 14.9. The second-order valence-corrected chi connectivity index (χ2v) is 10.6. The Morgan fingerprint density at radius 2 is 1.83 bits per heavy atom. The number of amides is 1. The molecule has 0 spiro atoms. The first-order valence-electron chi connectivity index (χ1n) is 10.6. The van der Waals surface area contributed by atoms with E-state index >= 15 is 0 Å². The minimum absolute atomic E-state index is 0.315. The van der Waals surface area contributed by atoms with Crippen LogP contribution in [0.3, 0.4) is 0 Å². The summed E-state index contributed by atoms with van der Waals surface area (Å²) in [6, 6.07) is 5.94. The molecule has 0 bridgehead atoms. The highest BCUT2D eigenvalue weighted by atomic mass is 16.7. The van der Waals surface area contributed by atoms with Gasteiger partial charge in [0.1, 0.15) is 11.4 Å². The van der Waals surface area contributed by atoms with Gasteiger partial charge in [-0.2, -0.15) is 0 Å². The van der Waals surface area contributed by atoms with Gasteiger partial charge in [-0.15, -0.1) is 0 Å². The van der Waals surface area contributed by atoms with Gasteiger partial charge in [-0.25, -0.2) is 9.78 Å². The molecule has 1 aromatic heterocycles. The van der Waals surface area contributed by atoms with Gasteiger partial charge in [0.25, 0.3) is 0 Å². The molecule has 30 heavy (non-hydrogen) atoms. The molecule has 1 aromatic carbocycles. The van der Waals surface area contributed by atoms with Crippen LogP contribution in [0.5, 0.6) is 0 Å². The number of benzene rings is 1. The van der Waals surface area contributed by atoms with E-state index in [0.29, 0.717) is 12.4 Å². The molecule has 1 atom stereocenters. The highest BCUT2D eigenvalue weighted by Crippen LogP contribution is 2.50. The smallest absolute Gasteiger partial charge is 0.465 e. The Kier molecular flexibility index (Phi) is 4.57. The Morgan fingerprint density at radius 3 is 2.40 bits per heavy atom. The second-order valence-electron chi connectivity index (χ2n) is 10.6. The summed E-state index contributed by atoms with van der Waals surface area (Å²) in [6.07, 6.45) is 0.660. The van der Waals surface area contributed by atoms with E-state index in [-0.39, 0.29) is 5.41 Å². The van der Waals surface area contributed by atoms with Gasteiger partial charge in [0.2, 0.25) is 0 Å². The van der Waals surface area contributed by atoms with Crippen LogP contribution in [0.15, 0.2) is 18.2 Å². The predicted octanol–water partition coefficient (Wildman–Crippen LogP) is 3.88. The molecule has 0 aliphatic carbocycles. The van der Waals surface area contributed by atoms with E-state index < -0.39 is 30.0 Å². The van der Waals surface area contributed by atoms with E-state index in [0.717, 1.165) is 29.3 Å². The molecule has 2 N–H and O–H groups in total. The number of hydrogen-bond donors (Lipinski definition) is 2. The van der Waals surface area contributed by atoms with Crippen LogP contribution >= 0.6 is 0 Å². The van der Waals surface area contributed by atoms with E-state index in [1.54, 1.807) is 4.90 Å². The van der Waals surface area contributed by atoms with Crippen molar-refractivity contribution in [3.8, 4) is 0 Å². The van der Waals surface area contributed by atoms with Crippen LogP contribution in [0.2, 0.25) is 0 Å². The van der Waals surface area contributed by atoms with Gasteiger partial charge in [0, 0.05) is 6.54 Å². The molecule has 0 saturated carbocycles. The van der Waals surface area contributed by atoms with Gasteiger partial charge in [0.05, 0.1) is 22.2 Å². The first-order chi connectivity index (χ1) is 13.8. The van der Waals surface area contributed by atoms with Gasteiger partial charge in [-0.1, -0.05) is 26.8 Å². The molecule has 2 aliphatic heterocycles. The fourth-order valence-corrected chi connectivity index (χ4v) is 4.80. The number of likely N-dealkylation sites (tertiary alicyclic amines) is 1. The summed E-state index contributed by atoms with van der Waals surface area (Å²) >= 11 is 0. The molecule has 1 amide bonds. The van der Waals surface area contributed by atoms with Crippen LogP contribution in [-0.2, 0) is 14.8 Å². The van der Waals surface area contributed by atoms with Crippen LogP contribution in [0.1, 0.15) is 67.1 Å². The van der Waals surface area contributed by atoms with Crippen molar-refractivity contribution in [2.45, 2.75) is 78.0 Å². The lowest BCUT2D eigenvalue weighted by molar-refractivity contribution is 0.00578. The molecule has 0 radical (unpaired) electrons. The highest BCUT2D eigenvalue weighted by Gasteiger charge is 2.55. The van der Waals surface area contributed by atoms with Crippen molar-refractivity contribution in [2.24, 2.45) is 5.41 Å². The summed E-state index contributed by atoms with van der Waals surface area (Å²) < 4.78 is 12.4. The van der Waals surface area contributed by atoms with Gasteiger partial charge >= 0.3 is 13.2 Å². The van der Waals surface area contributed by atoms with Crippen molar-refractivity contribution in [1.29, 1.82) is 0 Å². The zero-order valence-electron chi connectivity index (χ0n) is 19.0. The van der Waals surface area contributed by atoms with Crippen LogP contribution in [0, 0.1) is 5.41 Å². The zero-order valence-corrected chi connectivity index (χ0v) is 19.0. The largest absolute Gasteiger partial charge is 0.494 e. The maximum absolute atomic E-state index is 12.1. The summed E-state index contributed by atoms with van der Waals surface area (Å²) in [7, 11) is -0.460. The lowest BCUT2D eigenvalue weighted by Gasteiger charge is -2.45. The SMILES string of the molecule is CC(C)(C)C1(c2nc3cc(B4OC(C)(C)C(C)(C)O4)ccc3[nH]2)CCCN1C(=O)O. The minimum Gasteiger partial charge on any atom is -0.465 e. The van der Waals surface area contributed by atoms with Crippen LogP contribution < -0.4 is 5.46 Å². The molecule has 7 nitrogen and oxygen atoms in total. The van der Waals surface area contributed by atoms with E-state index in [9.17, 15) is 9.90 Å². The van der Waals surface area contributed by atoms with E-state index in [2.05, 4.69) is 25.8 Å². The Morgan fingerprint density at radius 1 is 1.20 bits per heavy atom. The molecule has 2 saturated heterocycles. The molecule has 2 fully saturated rings. The first-order valence-corrected chi connectivity index (χ1v) is 10.6. The number of hydrogen-bond acceptors (Lipinski definition) is 4. The fourth-order valence-electron chi connectivity index (χ4n) is 4.80. The first kappa shape index (κ1) is 21.2. The second kappa shape index (κ2) is 6.47. The number of aromatic nitrogens is 2. The molecule has 2 aromatic rings. The van der Waals surface area contributed by atoms with Crippen molar-refractivity contribution >= 4 is 29.7 Å². The Bertz CT molecular complexity index is 978. The molecule has 4 rings (SSSR count). The lowest BCUT2D eigenvalue weighted by atomic mass is 9.71. The molecule has 8 heteroatoms. The predicted molar refractivity (Wildman–Crippen MR) is 117 cm³/mol. The zero-order chi connectivity index (χ0) is 22.1. The quantitative estimate of drug-likeness (QED) is 0.730. The normalized spacial score (nSPS) is 26.0. The Labute approximate surface area is 178 Å². The topological polar surface area (TPSA) is 87.7 Å². The van der Waals surface area contributed by atoms with Crippen molar-refractivity contribution in [3.63, 3.8) is 0 Å². The van der Waals surface area contributed by atoms with Gasteiger partial charge in [-0.3, -0.25) is 4.90 Å². The Balaban J connectivity index is 1.77. The highest BCUT2D eigenvalue weighted by molar-refractivity contribution is 6.62. The summed E-state index contributed by atoms with van der Waals surface area (Å²) in [5.74, 6) is 0.705. The van der Waals surface area contributed by atoms with E-state index in [1.807, 2.05) is 45.9 Å². The number of aromatic amines is 1. The van der Waals surface area contributed by atoms with Crippen LogP contribution in [0.25, 0.3) is 11.0 Å². The third-order valence-corrected chi connectivity index (χ3v) is 7.28. The van der Waals surface area contributed by atoms with Crippen molar-refractivity contribution in [3.05, 3.63) is 24.0 Å². The fraction of sp³-hybridized carbons (Fsp3) is 0.636. The number of imidazole rings is 1. The van der Waals surface area contributed by atoms with Crippen LogP contribution in [-0.4, -0.2) is 50.9 Å². The minimum atomic E-state index is -0.902. The Hall–Kier alpha value is -2.06. The molecular formula is C22H32BN3O4. The molecule has 162 valence electrons. The van der Waals surface area contributed by atoms with Gasteiger partial charge < -0.3 is 19.4 Å². The summed E-state index contributed by atoms with van der Waals surface area (Å²) in [5, 5.41) is 9.89. The van der Waals surface area contributed by atoms with Crippen molar-refractivity contribution in [2.75, 3.05) is 6.54 Å². The molecular weight excluding hydrogens is 381 g/mol. The van der Waals surface area contributed by atoms with E-state index in [1.165, 1.54) is 0 Å². The molecule has 1 unspecified atom stereocenters. The van der Waals surface area contributed by atoms with Crippen LogP contribution in [0.4, 0.5) is 4.79 Å². The maximum atomic E-state index is 12.1. The number of fused-ring (bicyclic) bond motifs is 1. The monoisotopic (exact) mass is 413 g/mol. The third-order valence-electron chi connectivity index (χ3n) is 7.28. The summed E-state index contributed by atoms with van der Waals surface area (Å²) in [5.41, 5.74) is 0.749. The number of nitrogens with one attached hydrogen (secondary N) is 1. The average Bonchev–Trinajstić information content (AvgIpc) is 3.28. The third kappa shape index (κ3) is 2.95. The standard InChI is InChI=1S/C22H32BN3O4/c1-19(2,3)22(11-8-12-26(22)18(27)28)17-24-15-10-9-14(13-16(15)25-17)23-29-20(4,5)21(6,7)30-23/h9-10,13H,8,11-12H2,1-7H3,(H,24,25)(H,27,28). The average molecular weight is 413 g/mol. The molecule has 2 aliphatic rings. The molecule has 3 heterocycles. The van der Waals surface area contributed by atoms with E-state index in [4.69, 9.17) is 14.3 Å². The van der Waals surface area contributed by atoms with Gasteiger partial charge in [-0.05, 0) is 63.5 Å². The number of carboxylic acid groups (broad SMARTS) is 1. The number of rotatable bonds is 2. The lowest BCUT2D eigenvalue weighted by Crippen LogP contribution is -2.53. The number of nitrogens with zero attached hydrogens (tertiary/aromatic N) is 2. The number of H-pyrrole nitrogens is 1. The maximum Gasteiger partial charge on any atom is 0.494 e.